The number of benzene rings is 2. The van der Waals surface area contributed by atoms with E-state index in [2.05, 4.69) is 36.9 Å². The number of esters is 2. The predicted molar refractivity (Wildman–Crippen MR) is 107 cm³/mol. The van der Waals surface area contributed by atoms with E-state index in [9.17, 15) is 9.59 Å². The van der Waals surface area contributed by atoms with E-state index in [1.807, 2.05) is 12.1 Å². The Morgan fingerprint density at radius 1 is 1.19 bits per heavy atom. The van der Waals surface area contributed by atoms with Gasteiger partial charge in [0.15, 0.2) is 17.2 Å². The van der Waals surface area contributed by atoms with Crippen LogP contribution >= 0.6 is 31.9 Å². The predicted octanol–water partition coefficient (Wildman–Crippen LogP) is 4.49. The van der Waals surface area contributed by atoms with E-state index in [1.54, 1.807) is 30.3 Å². The zero-order valence-corrected chi connectivity index (χ0v) is 17.5. The average Bonchev–Trinajstić information content (AvgIpc) is 2.98. The summed E-state index contributed by atoms with van der Waals surface area (Å²) in [4.78, 5) is 27.7. The molecule has 0 amide bonds. The van der Waals surface area contributed by atoms with Crippen molar-refractivity contribution in [2.45, 2.75) is 6.92 Å². The van der Waals surface area contributed by atoms with Crippen molar-refractivity contribution in [1.82, 2.24) is 0 Å². The molecule has 0 spiro atoms. The summed E-state index contributed by atoms with van der Waals surface area (Å²) in [6.45, 7) is 1.30. The molecule has 0 N–H and O–H groups in total. The SMILES string of the molecule is COc1cc(/C=C2\N=C(c3ccc(Br)cc3)OC2=O)cc(Br)c1OC(C)=O. The monoisotopic (exact) mass is 493 g/mol. The fourth-order valence-corrected chi connectivity index (χ4v) is 3.15. The molecular weight excluding hydrogens is 482 g/mol. The molecule has 1 aliphatic heterocycles. The minimum Gasteiger partial charge on any atom is -0.493 e. The molecule has 0 fully saturated rings. The summed E-state index contributed by atoms with van der Waals surface area (Å²) in [7, 11) is 1.46. The number of nitrogens with zero attached hydrogens (tertiary/aromatic N) is 1. The lowest BCUT2D eigenvalue weighted by Gasteiger charge is -2.11. The number of ether oxygens (including phenoxy) is 3. The van der Waals surface area contributed by atoms with Gasteiger partial charge in [-0.25, -0.2) is 9.79 Å². The molecular formula is C19H13Br2NO5. The Kier molecular flexibility index (Phi) is 5.76. The van der Waals surface area contributed by atoms with Gasteiger partial charge >= 0.3 is 11.9 Å². The average molecular weight is 495 g/mol. The molecule has 3 rings (SSSR count). The number of methoxy groups -OCH3 is 1. The van der Waals surface area contributed by atoms with Gasteiger partial charge in [-0.15, -0.1) is 0 Å². The van der Waals surface area contributed by atoms with E-state index in [-0.39, 0.29) is 17.3 Å². The van der Waals surface area contributed by atoms with Gasteiger partial charge in [-0.1, -0.05) is 15.9 Å². The lowest BCUT2D eigenvalue weighted by Crippen LogP contribution is -2.05. The van der Waals surface area contributed by atoms with Crippen molar-refractivity contribution in [3.8, 4) is 11.5 Å². The van der Waals surface area contributed by atoms with Gasteiger partial charge in [0, 0.05) is 17.0 Å². The third-order valence-corrected chi connectivity index (χ3v) is 4.63. The summed E-state index contributed by atoms with van der Waals surface area (Å²) >= 11 is 6.70. The lowest BCUT2D eigenvalue weighted by molar-refractivity contribution is -0.132. The number of hydrogen-bond donors (Lipinski definition) is 0. The summed E-state index contributed by atoms with van der Waals surface area (Å²) in [6, 6.07) is 10.6. The van der Waals surface area contributed by atoms with E-state index in [0.717, 1.165) is 4.47 Å². The summed E-state index contributed by atoms with van der Waals surface area (Å²) in [6.07, 6.45) is 1.57. The molecule has 27 heavy (non-hydrogen) atoms. The number of aliphatic imine (C=N–C) groups is 1. The van der Waals surface area contributed by atoms with Gasteiger partial charge in [0.05, 0.1) is 11.6 Å². The minimum atomic E-state index is -0.549. The minimum absolute atomic E-state index is 0.155. The highest BCUT2D eigenvalue weighted by molar-refractivity contribution is 9.10. The molecule has 2 aromatic carbocycles. The fourth-order valence-electron chi connectivity index (χ4n) is 2.35. The molecule has 0 aromatic heterocycles. The Hall–Kier alpha value is -2.45. The van der Waals surface area contributed by atoms with Gasteiger partial charge in [-0.2, -0.15) is 0 Å². The maximum Gasteiger partial charge on any atom is 0.363 e. The Morgan fingerprint density at radius 2 is 1.89 bits per heavy atom. The van der Waals surface area contributed by atoms with Gasteiger partial charge in [-0.3, -0.25) is 4.79 Å². The molecule has 138 valence electrons. The van der Waals surface area contributed by atoms with Crippen molar-refractivity contribution in [2.24, 2.45) is 4.99 Å². The normalized spacial score (nSPS) is 14.7. The van der Waals surface area contributed by atoms with Gasteiger partial charge in [0.2, 0.25) is 5.90 Å². The van der Waals surface area contributed by atoms with Crippen LogP contribution in [0.2, 0.25) is 0 Å². The zero-order valence-electron chi connectivity index (χ0n) is 14.3. The molecule has 0 saturated heterocycles. The second-order valence-electron chi connectivity index (χ2n) is 5.47. The highest BCUT2D eigenvalue weighted by Crippen LogP contribution is 2.37. The molecule has 8 heteroatoms. The number of cyclic esters (lactones) is 1. The molecule has 0 unspecified atom stereocenters. The maximum absolute atomic E-state index is 12.2. The van der Waals surface area contributed by atoms with Crippen molar-refractivity contribution in [3.05, 3.63) is 62.2 Å². The first kappa shape index (κ1) is 19.3. The molecule has 2 aromatic rings. The summed E-state index contributed by atoms with van der Waals surface area (Å²) in [5, 5.41) is 0. The van der Waals surface area contributed by atoms with Crippen molar-refractivity contribution < 1.29 is 23.8 Å². The molecule has 1 heterocycles. The first-order valence-electron chi connectivity index (χ1n) is 7.72. The van der Waals surface area contributed by atoms with Gasteiger partial charge in [0.25, 0.3) is 0 Å². The molecule has 0 radical (unpaired) electrons. The van der Waals surface area contributed by atoms with E-state index in [0.29, 0.717) is 21.3 Å². The molecule has 1 aliphatic rings. The third-order valence-electron chi connectivity index (χ3n) is 3.51. The topological polar surface area (TPSA) is 74.2 Å². The highest BCUT2D eigenvalue weighted by atomic mass is 79.9. The van der Waals surface area contributed by atoms with Crippen LogP contribution in [0.3, 0.4) is 0 Å². The van der Waals surface area contributed by atoms with Crippen LogP contribution in [-0.4, -0.2) is 24.9 Å². The van der Waals surface area contributed by atoms with Crippen molar-refractivity contribution >= 4 is 55.8 Å². The number of halogens is 2. The molecule has 0 saturated carbocycles. The van der Waals surface area contributed by atoms with Crippen LogP contribution in [0, 0.1) is 0 Å². The van der Waals surface area contributed by atoms with Gasteiger partial charge in [-0.05, 0) is 64.0 Å². The lowest BCUT2D eigenvalue weighted by atomic mass is 10.1. The summed E-state index contributed by atoms with van der Waals surface area (Å²) < 4.78 is 17.1. The largest absolute Gasteiger partial charge is 0.493 e. The van der Waals surface area contributed by atoms with Crippen LogP contribution in [0.15, 0.2) is 56.0 Å². The van der Waals surface area contributed by atoms with Gasteiger partial charge < -0.3 is 14.2 Å². The van der Waals surface area contributed by atoms with E-state index >= 15 is 0 Å². The zero-order chi connectivity index (χ0) is 19.6. The Bertz CT molecular complexity index is 980. The maximum atomic E-state index is 12.2. The number of carbonyl (C=O) groups is 2. The molecule has 0 bridgehead atoms. The molecule has 0 aliphatic carbocycles. The van der Waals surface area contributed by atoms with Crippen LogP contribution in [0.4, 0.5) is 0 Å². The standard InChI is InChI=1S/C19H13Br2NO5/c1-10(23)26-17-14(21)7-11(9-16(17)25-2)8-15-19(24)27-18(22-15)12-3-5-13(20)6-4-12/h3-9H,1-2H3/b15-8-. The van der Waals surface area contributed by atoms with Gasteiger partial charge in [0.1, 0.15) is 0 Å². The third kappa shape index (κ3) is 4.45. The van der Waals surface area contributed by atoms with Crippen LogP contribution in [0.25, 0.3) is 6.08 Å². The number of hydrogen-bond acceptors (Lipinski definition) is 6. The highest BCUT2D eigenvalue weighted by Gasteiger charge is 2.24. The Morgan fingerprint density at radius 3 is 2.52 bits per heavy atom. The van der Waals surface area contributed by atoms with E-state index < -0.39 is 11.9 Å². The Labute approximate surface area is 172 Å². The van der Waals surface area contributed by atoms with E-state index in [4.69, 9.17) is 14.2 Å². The quantitative estimate of drug-likeness (QED) is 0.355. The first-order chi connectivity index (χ1) is 12.9. The first-order valence-corrected chi connectivity index (χ1v) is 9.30. The second kappa shape index (κ2) is 8.06. The van der Waals surface area contributed by atoms with Crippen LogP contribution in [-0.2, 0) is 14.3 Å². The van der Waals surface area contributed by atoms with Crippen molar-refractivity contribution in [3.63, 3.8) is 0 Å². The summed E-state index contributed by atoms with van der Waals surface area (Å²) in [5.74, 6) is -0.174. The summed E-state index contributed by atoms with van der Waals surface area (Å²) in [5.41, 5.74) is 1.48. The van der Waals surface area contributed by atoms with Crippen LogP contribution in [0.1, 0.15) is 18.1 Å². The second-order valence-corrected chi connectivity index (χ2v) is 7.24. The molecule has 0 atom stereocenters. The number of rotatable bonds is 4. The Balaban J connectivity index is 1.96. The number of carbonyl (C=O) groups excluding carboxylic acids is 2. The van der Waals surface area contributed by atoms with Crippen molar-refractivity contribution in [2.75, 3.05) is 7.11 Å². The van der Waals surface area contributed by atoms with Crippen LogP contribution < -0.4 is 9.47 Å². The molecule has 6 nitrogen and oxygen atoms in total. The smallest absolute Gasteiger partial charge is 0.363 e. The van der Waals surface area contributed by atoms with Crippen molar-refractivity contribution in [1.29, 1.82) is 0 Å². The van der Waals surface area contributed by atoms with E-state index in [1.165, 1.54) is 14.0 Å². The fraction of sp³-hybridized carbons (Fsp3) is 0.105. The van der Waals surface area contributed by atoms with Crippen LogP contribution in [0.5, 0.6) is 11.5 Å².